The van der Waals surface area contributed by atoms with Crippen molar-refractivity contribution < 1.29 is 4.79 Å². The van der Waals surface area contributed by atoms with Crippen LogP contribution in [0.5, 0.6) is 0 Å². The van der Waals surface area contributed by atoms with Crippen molar-refractivity contribution in [3.05, 3.63) is 52.0 Å². The zero-order valence-electron chi connectivity index (χ0n) is 14.3. The van der Waals surface area contributed by atoms with Crippen molar-refractivity contribution >= 4 is 42.1 Å². The molecule has 2 aromatic rings. The summed E-state index contributed by atoms with van der Waals surface area (Å²) in [5, 5.41) is 3.07. The van der Waals surface area contributed by atoms with Gasteiger partial charge >= 0.3 is 0 Å². The van der Waals surface area contributed by atoms with Crippen molar-refractivity contribution in [2.24, 2.45) is 11.7 Å². The average Bonchev–Trinajstić information content (AvgIpc) is 3.14. The van der Waals surface area contributed by atoms with Crippen LogP contribution in [0.2, 0.25) is 0 Å². The molecule has 138 valence electrons. The van der Waals surface area contributed by atoms with Gasteiger partial charge in [0.25, 0.3) is 0 Å². The van der Waals surface area contributed by atoms with Crippen molar-refractivity contribution in [3.63, 3.8) is 0 Å². The molecule has 25 heavy (non-hydrogen) atoms. The lowest BCUT2D eigenvalue weighted by molar-refractivity contribution is -0.131. The molecular weight excluding hydrogens is 377 g/mol. The minimum atomic E-state index is 0. The fourth-order valence-electron chi connectivity index (χ4n) is 3.20. The maximum atomic E-state index is 12.5. The van der Waals surface area contributed by atoms with Crippen LogP contribution in [0.4, 0.5) is 0 Å². The number of carbonyl (C=O) groups excluding carboxylic acids is 1. The molecule has 0 saturated carbocycles. The molecule has 2 N–H and O–H groups in total. The van der Waals surface area contributed by atoms with Crippen molar-refractivity contribution in [1.82, 2.24) is 9.88 Å². The molecule has 7 heteroatoms. The second-order valence-electron chi connectivity index (χ2n) is 6.30. The Bertz CT molecular complexity index is 665. The lowest BCUT2D eigenvalue weighted by Gasteiger charge is -2.21. The summed E-state index contributed by atoms with van der Waals surface area (Å²) >= 11 is 1.63. The average molecular weight is 402 g/mol. The van der Waals surface area contributed by atoms with Gasteiger partial charge < -0.3 is 10.6 Å². The normalized spacial score (nSPS) is 19.2. The van der Waals surface area contributed by atoms with Crippen molar-refractivity contribution in [1.29, 1.82) is 0 Å². The number of benzene rings is 1. The molecule has 1 aliphatic heterocycles. The number of halogens is 2. The molecule has 1 fully saturated rings. The summed E-state index contributed by atoms with van der Waals surface area (Å²) in [6.07, 6.45) is 2.24. The summed E-state index contributed by atoms with van der Waals surface area (Å²) < 4.78 is 0. The standard InChI is InChI=1S/C18H23N3OS.2ClH/c1-13-7-15(10-19)11-21(13)18(22)9-16-12-23-17(20-16)8-14-5-3-2-4-6-14;;/h2-6,12-13,15H,7-11,19H2,1H3;2*1H. The number of nitrogens with zero attached hydrogens (tertiary/aromatic N) is 2. The van der Waals surface area contributed by atoms with Crippen LogP contribution < -0.4 is 5.73 Å². The maximum absolute atomic E-state index is 12.5. The van der Waals surface area contributed by atoms with Crippen molar-refractivity contribution in [3.8, 4) is 0 Å². The maximum Gasteiger partial charge on any atom is 0.228 e. The van der Waals surface area contributed by atoms with Crippen molar-refractivity contribution in [2.45, 2.75) is 32.2 Å². The molecule has 0 radical (unpaired) electrons. The molecule has 1 aliphatic rings. The largest absolute Gasteiger partial charge is 0.339 e. The van der Waals surface area contributed by atoms with E-state index in [4.69, 9.17) is 5.73 Å². The number of hydrogen-bond acceptors (Lipinski definition) is 4. The first-order valence-electron chi connectivity index (χ1n) is 8.12. The van der Waals surface area contributed by atoms with Gasteiger partial charge in [-0.05, 0) is 31.4 Å². The first kappa shape index (κ1) is 21.9. The van der Waals surface area contributed by atoms with Crippen LogP contribution in [0.25, 0.3) is 0 Å². The fourth-order valence-corrected chi connectivity index (χ4v) is 4.03. The summed E-state index contributed by atoms with van der Waals surface area (Å²) in [4.78, 5) is 19.1. The number of aromatic nitrogens is 1. The SMILES string of the molecule is CC1CC(CN)CN1C(=O)Cc1csc(Cc2ccccc2)n1.Cl.Cl. The van der Waals surface area contributed by atoms with Crippen LogP contribution in [0, 0.1) is 5.92 Å². The number of nitrogens with two attached hydrogens (primary N) is 1. The van der Waals surface area contributed by atoms with E-state index in [9.17, 15) is 4.79 Å². The first-order chi connectivity index (χ1) is 11.2. The van der Waals surface area contributed by atoms with E-state index in [1.54, 1.807) is 11.3 Å². The zero-order valence-corrected chi connectivity index (χ0v) is 16.7. The molecule has 2 unspecified atom stereocenters. The Balaban J connectivity index is 0.00000156. The van der Waals surface area contributed by atoms with Crippen LogP contribution in [-0.4, -0.2) is 34.9 Å². The Kier molecular flexibility index (Phi) is 8.86. The second kappa shape index (κ2) is 10.1. The Morgan fingerprint density at radius 3 is 2.68 bits per heavy atom. The van der Waals surface area contributed by atoms with E-state index in [2.05, 4.69) is 24.0 Å². The van der Waals surface area contributed by atoms with Gasteiger partial charge in [0, 0.05) is 24.4 Å². The Morgan fingerprint density at radius 1 is 1.32 bits per heavy atom. The van der Waals surface area contributed by atoms with Crippen molar-refractivity contribution in [2.75, 3.05) is 13.1 Å². The molecule has 1 aromatic heterocycles. The predicted octanol–water partition coefficient (Wildman–Crippen LogP) is 3.32. The van der Waals surface area contributed by atoms with Gasteiger partial charge in [-0.1, -0.05) is 30.3 Å². The summed E-state index contributed by atoms with van der Waals surface area (Å²) in [6.45, 7) is 3.55. The molecule has 1 aromatic carbocycles. The Morgan fingerprint density at radius 2 is 2.04 bits per heavy atom. The fraction of sp³-hybridized carbons (Fsp3) is 0.444. The number of hydrogen-bond donors (Lipinski definition) is 1. The van der Waals surface area contributed by atoms with Crippen LogP contribution in [-0.2, 0) is 17.6 Å². The summed E-state index contributed by atoms with van der Waals surface area (Å²) in [5.74, 6) is 0.614. The van der Waals surface area contributed by atoms with Gasteiger partial charge in [-0.2, -0.15) is 0 Å². The van der Waals surface area contributed by atoms with Crippen LogP contribution in [0.15, 0.2) is 35.7 Å². The summed E-state index contributed by atoms with van der Waals surface area (Å²) in [7, 11) is 0. The van der Waals surface area contributed by atoms with Gasteiger partial charge in [-0.25, -0.2) is 4.98 Å². The van der Waals surface area contributed by atoms with E-state index in [1.165, 1.54) is 5.56 Å². The molecule has 1 saturated heterocycles. The number of carbonyl (C=O) groups is 1. The molecule has 0 aliphatic carbocycles. The molecule has 1 amide bonds. The van der Waals surface area contributed by atoms with E-state index < -0.39 is 0 Å². The predicted molar refractivity (Wildman–Crippen MR) is 108 cm³/mol. The highest BCUT2D eigenvalue weighted by Gasteiger charge is 2.31. The highest BCUT2D eigenvalue weighted by molar-refractivity contribution is 7.09. The smallest absolute Gasteiger partial charge is 0.228 e. The molecule has 4 nitrogen and oxygen atoms in total. The summed E-state index contributed by atoms with van der Waals surface area (Å²) in [6, 6.07) is 10.6. The summed E-state index contributed by atoms with van der Waals surface area (Å²) in [5.41, 5.74) is 7.87. The van der Waals surface area contributed by atoms with E-state index in [1.807, 2.05) is 28.5 Å². The molecule has 2 heterocycles. The van der Waals surface area contributed by atoms with Gasteiger partial charge in [0.15, 0.2) is 0 Å². The third-order valence-corrected chi connectivity index (χ3v) is 5.34. The molecule has 3 rings (SSSR count). The van der Waals surface area contributed by atoms with E-state index in [-0.39, 0.29) is 30.7 Å². The van der Waals surface area contributed by atoms with Gasteiger partial charge in [0.2, 0.25) is 5.91 Å². The monoisotopic (exact) mass is 401 g/mol. The third-order valence-electron chi connectivity index (χ3n) is 4.44. The third kappa shape index (κ3) is 5.68. The van der Waals surface area contributed by atoms with Crippen LogP contribution >= 0.6 is 36.2 Å². The molecule has 0 bridgehead atoms. The number of amides is 1. The Hall–Kier alpha value is -1.14. The molecule has 0 spiro atoms. The quantitative estimate of drug-likeness (QED) is 0.835. The number of likely N-dealkylation sites (tertiary alicyclic amines) is 1. The zero-order chi connectivity index (χ0) is 16.2. The van der Waals surface area contributed by atoms with E-state index in [0.717, 1.165) is 30.1 Å². The first-order valence-corrected chi connectivity index (χ1v) is 9.00. The minimum absolute atomic E-state index is 0. The van der Waals surface area contributed by atoms with Gasteiger partial charge in [0.1, 0.15) is 0 Å². The molecular formula is C18H25Cl2N3OS. The molecule has 2 atom stereocenters. The highest BCUT2D eigenvalue weighted by Crippen LogP contribution is 2.23. The van der Waals surface area contributed by atoms with Gasteiger partial charge in [0.05, 0.1) is 17.1 Å². The minimum Gasteiger partial charge on any atom is -0.339 e. The topological polar surface area (TPSA) is 59.2 Å². The second-order valence-corrected chi connectivity index (χ2v) is 7.25. The van der Waals surface area contributed by atoms with Crippen LogP contribution in [0.1, 0.15) is 29.6 Å². The Labute approximate surface area is 165 Å². The van der Waals surface area contributed by atoms with Gasteiger partial charge in [-0.15, -0.1) is 36.2 Å². The lowest BCUT2D eigenvalue weighted by atomic mass is 10.1. The lowest BCUT2D eigenvalue weighted by Crippen LogP contribution is -2.35. The number of thiazole rings is 1. The van der Waals surface area contributed by atoms with Crippen LogP contribution in [0.3, 0.4) is 0 Å². The van der Waals surface area contributed by atoms with Gasteiger partial charge in [-0.3, -0.25) is 4.79 Å². The highest BCUT2D eigenvalue weighted by atomic mass is 35.5. The number of rotatable bonds is 5. The van der Waals surface area contributed by atoms with E-state index in [0.29, 0.717) is 24.9 Å². The van der Waals surface area contributed by atoms with E-state index >= 15 is 0 Å².